The van der Waals surface area contributed by atoms with Crippen LogP contribution in [0.1, 0.15) is 38.8 Å². The number of halogens is 1. The largest absolute Gasteiger partial charge is 0.396 e. The topological polar surface area (TPSA) is 32.3 Å². The normalized spacial score (nSPS) is 16.5. The number of aliphatic hydroxyl groups is 1. The Morgan fingerprint density at radius 1 is 1.35 bits per heavy atom. The van der Waals surface area contributed by atoms with Gasteiger partial charge in [0.05, 0.1) is 0 Å². The molecule has 0 saturated carbocycles. The second kappa shape index (κ2) is 6.39. The Morgan fingerprint density at radius 3 is 2.41 bits per heavy atom. The lowest BCUT2D eigenvalue weighted by atomic mass is 9.88. The fourth-order valence-electron chi connectivity index (χ4n) is 1.56. The summed E-state index contributed by atoms with van der Waals surface area (Å²) < 4.78 is 0. The summed E-state index contributed by atoms with van der Waals surface area (Å²) in [5.41, 5.74) is 1.17. The Bertz CT molecular complexity index is 333. The van der Waals surface area contributed by atoms with E-state index in [1.165, 1.54) is 5.56 Å². The third-order valence-electron chi connectivity index (χ3n) is 3.44. The quantitative estimate of drug-likeness (QED) is 0.817. The van der Waals surface area contributed by atoms with Crippen LogP contribution in [0.5, 0.6) is 0 Å². The fraction of sp³-hybridized carbons (Fsp3) is 0.571. The van der Waals surface area contributed by atoms with Gasteiger partial charge in [-0.3, -0.25) is 0 Å². The molecule has 3 heteroatoms. The van der Waals surface area contributed by atoms with Crippen molar-refractivity contribution in [1.29, 1.82) is 0 Å². The average molecular weight is 256 g/mol. The van der Waals surface area contributed by atoms with E-state index in [9.17, 15) is 5.11 Å². The van der Waals surface area contributed by atoms with E-state index >= 15 is 0 Å². The highest BCUT2D eigenvalue weighted by Gasteiger charge is 2.21. The van der Waals surface area contributed by atoms with Gasteiger partial charge < -0.3 is 10.4 Å². The molecule has 0 bridgehead atoms. The molecule has 0 spiro atoms. The first-order valence-corrected chi connectivity index (χ1v) is 6.48. The van der Waals surface area contributed by atoms with Crippen LogP contribution in [0.25, 0.3) is 0 Å². The highest BCUT2D eigenvalue weighted by molar-refractivity contribution is 6.30. The molecule has 96 valence electrons. The SMILES string of the molecule is CCC(C)(CO)CNC(C)c1ccc(Cl)cc1. The number of benzene rings is 1. The molecular weight excluding hydrogens is 234 g/mol. The van der Waals surface area contributed by atoms with Gasteiger partial charge in [0, 0.05) is 29.6 Å². The molecule has 0 fully saturated rings. The minimum absolute atomic E-state index is 0.0410. The van der Waals surface area contributed by atoms with E-state index in [4.69, 9.17) is 11.6 Å². The zero-order valence-electron chi connectivity index (χ0n) is 10.8. The molecule has 2 N–H and O–H groups in total. The molecule has 2 unspecified atom stereocenters. The predicted molar refractivity (Wildman–Crippen MR) is 73.4 cm³/mol. The van der Waals surface area contributed by atoms with Crippen molar-refractivity contribution in [3.05, 3.63) is 34.9 Å². The van der Waals surface area contributed by atoms with E-state index in [0.29, 0.717) is 0 Å². The molecule has 0 aliphatic heterocycles. The van der Waals surface area contributed by atoms with Gasteiger partial charge in [-0.2, -0.15) is 0 Å². The molecule has 1 aromatic carbocycles. The second-order valence-corrected chi connectivity index (χ2v) is 5.41. The van der Waals surface area contributed by atoms with E-state index in [1.807, 2.05) is 24.3 Å². The summed E-state index contributed by atoms with van der Waals surface area (Å²) in [6, 6.07) is 8.13. The first-order chi connectivity index (χ1) is 8.00. The standard InChI is InChI=1S/C14H22ClNO/c1-4-14(3,10-17)9-16-11(2)12-5-7-13(15)8-6-12/h5-8,11,16-17H,4,9-10H2,1-3H3. The van der Waals surface area contributed by atoms with E-state index in [-0.39, 0.29) is 18.1 Å². The van der Waals surface area contributed by atoms with Crippen LogP contribution in [0.2, 0.25) is 5.02 Å². The van der Waals surface area contributed by atoms with Crippen molar-refractivity contribution in [2.45, 2.75) is 33.2 Å². The van der Waals surface area contributed by atoms with Crippen molar-refractivity contribution in [2.75, 3.05) is 13.2 Å². The van der Waals surface area contributed by atoms with Crippen molar-refractivity contribution in [3.8, 4) is 0 Å². The van der Waals surface area contributed by atoms with Gasteiger partial charge in [-0.15, -0.1) is 0 Å². The van der Waals surface area contributed by atoms with Crippen LogP contribution < -0.4 is 5.32 Å². The molecule has 0 aliphatic rings. The Balaban J connectivity index is 2.55. The van der Waals surface area contributed by atoms with E-state index < -0.39 is 0 Å². The zero-order chi connectivity index (χ0) is 12.9. The lowest BCUT2D eigenvalue weighted by Gasteiger charge is -2.28. The molecule has 0 radical (unpaired) electrons. The maximum atomic E-state index is 9.35. The van der Waals surface area contributed by atoms with Crippen molar-refractivity contribution in [3.63, 3.8) is 0 Å². The van der Waals surface area contributed by atoms with Crippen LogP contribution in [0.3, 0.4) is 0 Å². The maximum absolute atomic E-state index is 9.35. The van der Waals surface area contributed by atoms with Gasteiger partial charge in [-0.25, -0.2) is 0 Å². The molecule has 0 aliphatic carbocycles. The summed E-state index contributed by atoms with van der Waals surface area (Å²) in [7, 11) is 0. The molecule has 0 heterocycles. The van der Waals surface area contributed by atoms with Crippen LogP contribution in [0, 0.1) is 5.41 Å². The second-order valence-electron chi connectivity index (χ2n) is 4.98. The molecule has 2 atom stereocenters. The monoisotopic (exact) mass is 255 g/mol. The molecule has 17 heavy (non-hydrogen) atoms. The van der Waals surface area contributed by atoms with E-state index in [2.05, 4.69) is 26.1 Å². The third-order valence-corrected chi connectivity index (χ3v) is 3.69. The van der Waals surface area contributed by atoms with E-state index in [0.717, 1.165) is 18.0 Å². The number of nitrogens with one attached hydrogen (secondary N) is 1. The van der Waals surface area contributed by atoms with Gasteiger partial charge in [0.2, 0.25) is 0 Å². The number of hydrogen-bond donors (Lipinski definition) is 2. The van der Waals surface area contributed by atoms with Gasteiger partial charge in [-0.05, 0) is 31.0 Å². The van der Waals surface area contributed by atoms with Crippen molar-refractivity contribution in [1.82, 2.24) is 5.32 Å². The molecular formula is C14H22ClNO. The third kappa shape index (κ3) is 4.30. The molecule has 0 aromatic heterocycles. The highest BCUT2D eigenvalue weighted by atomic mass is 35.5. The van der Waals surface area contributed by atoms with Crippen LogP contribution >= 0.6 is 11.6 Å². The molecule has 1 aromatic rings. The number of hydrogen-bond acceptors (Lipinski definition) is 2. The summed E-state index contributed by atoms with van der Waals surface area (Å²) in [4.78, 5) is 0. The lowest BCUT2D eigenvalue weighted by Crippen LogP contribution is -2.35. The van der Waals surface area contributed by atoms with Gasteiger partial charge in [0.15, 0.2) is 0 Å². The fourth-order valence-corrected chi connectivity index (χ4v) is 1.69. The first-order valence-electron chi connectivity index (χ1n) is 6.10. The summed E-state index contributed by atoms with van der Waals surface area (Å²) >= 11 is 5.86. The predicted octanol–water partition coefficient (Wildman–Crippen LogP) is 3.40. The Morgan fingerprint density at radius 2 is 1.94 bits per heavy atom. The summed E-state index contributed by atoms with van der Waals surface area (Å²) in [5.74, 6) is 0. The minimum atomic E-state index is -0.0410. The molecule has 0 saturated heterocycles. The molecule has 1 rings (SSSR count). The van der Waals surface area contributed by atoms with Gasteiger partial charge in [0.1, 0.15) is 0 Å². The summed E-state index contributed by atoms with van der Waals surface area (Å²) in [6.45, 7) is 7.34. The average Bonchev–Trinajstić information content (AvgIpc) is 2.36. The van der Waals surface area contributed by atoms with Crippen LogP contribution in [-0.2, 0) is 0 Å². The molecule has 0 amide bonds. The number of rotatable bonds is 6. The number of aliphatic hydroxyl groups excluding tert-OH is 1. The highest BCUT2D eigenvalue weighted by Crippen LogP contribution is 2.21. The summed E-state index contributed by atoms with van der Waals surface area (Å²) in [5, 5.41) is 13.6. The maximum Gasteiger partial charge on any atom is 0.0496 e. The van der Waals surface area contributed by atoms with Gasteiger partial charge >= 0.3 is 0 Å². The smallest absolute Gasteiger partial charge is 0.0496 e. The van der Waals surface area contributed by atoms with E-state index in [1.54, 1.807) is 0 Å². The van der Waals surface area contributed by atoms with Crippen molar-refractivity contribution in [2.24, 2.45) is 5.41 Å². The summed E-state index contributed by atoms with van der Waals surface area (Å²) in [6.07, 6.45) is 0.962. The Kier molecular flexibility index (Phi) is 5.44. The zero-order valence-corrected chi connectivity index (χ0v) is 11.6. The van der Waals surface area contributed by atoms with Crippen LogP contribution in [0.4, 0.5) is 0 Å². The van der Waals surface area contributed by atoms with Crippen molar-refractivity contribution < 1.29 is 5.11 Å². The minimum Gasteiger partial charge on any atom is -0.396 e. The molecule has 2 nitrogen and oxygen atoms in total. The Labute approximate surface area is 109 Å². The van der Waals surface area contributed by atoms with Crippen LogP contribution in [0.15, 0.2) is 24.3 Å². The van der Waals surface area contributed by atoms with Gasteiger partial charge in [-0.1, -0.05) is 37.6 Å². The van der Waals surface area contributed by atoms with Gasteiger partial charge in [0.25, 0.3) is 0 Å². The first kappa shape index (κ1) is 14.5. The van der Waals surface area contributed by atoms with Crippen molar-refractivity contribution >= 4 is 11.6 Å². The Hall–Kier alpha value is -0.570. The van der Waals surface area contributed by atoms with Crippen LogP contribution in [-0.4, -0.2) is 18.3 Å². The lowest BCUT2D eigenvalue weighted by molar-refractivity contribution is 0.132.